The van der Waals surface area contributed by atoms with Gasteiger partial charge in [-0.05, 0) is 70.7 Å². The summed E-state index contributed by atoms with van der Waals surface area (Å²) in [5, 5.41) is 4.67. The molecule has 1 aromatic rings. The molecule has 2 aliphatic heterocycles. The minimum atomic E-state index is 0.592. The van der Waals surface area contributed by atoms with Crippen LogP contribution in [0, 0.1) is 0 Å². The Labute approximate surface area is 207 Å². The predicted octanol–water partition coefficient (Wildman–Crippen LogP) is 5.74. The van der Waals surface area contributed by atoms with Crippen LogP contribution < -0.4 is 15.1 Å². The normalized spacial score (nSPS) is 24.7. The van der Waals surface area contributed by atoms with Crippen LogP contribution in [0.2, 0.25) is 5.02 Å². The first-order valence-corrected chi connectivity index (χ1v) is 14.0. The van der Waals surface area contributed by atoms with Gasteiger partial charge in [-0.1, -0.05) is 44.2 Å². The molecule has 3 aliphatic rings. The zero-order valence-corrected chi connectivity index (χ0v) is 22.0. The zero-order valence-electron chi connectivity index (χ0n) is 21.2. The van der Waals surface area contributed by atoms with Gasteiger partial charge in [0.05, 0.1) is 30.7 Å². The molecule has 2 unspecified atom stereocenters. The third-order valence-corrected chi connectivity index (χ3v) is 8.56. The molecule has 4 rings (SSSR count). The van der Waals surface area contributed by atoms with E-state index in [9.17, 15) is 0 Å². The number of benzene rings is 1. The number of nitrogens with one attached hydrogen (secondary N) is 1. The lowest BCUT2D eigenvalue weighted by molar-refractivity contribution is 0.0117. The second-order valence-corrected chi connectivity index (χ2v) is 10.7. The average Bonchev–Trinajstić information content (AvgIpc) is 3.22. The van der Waals surface area contributed by atoms with Crippen LogP contribution in [-0.2, 0) is 0 Å². The van der Waals surface area contributed by atoms with Gasteiger partial charge in [0.25, 0.3) is 0 Å². The van der Waals surface area contributed by atoms with E-state index in [-0.39, 0.29) is 0 Å². The van der Waals surface area contributed by atoms with Gasteiger partial charge in [-0.3, -0.25) is 9.80 Å². The first-order valence-electron chi connectivity index (χ1n) is 13.7. The maximum absolute atomic E-state index is 6.83. The van der Waals surface area contributed by atoms with Crippen molar-refractivity contribution in [3.63, 3.8) is 0 Å². The summed E-state index contributed by atoms with van der Waals surface area (Å²) in [6.07, 6.45) is 12.1. The molecule has 6 heteroatoms. The zero-order chi connectivity index (χ0) is 23.2. The first kappa shape index (κ1) is 25.1. The number of hydrogen-bond donors (Lipinski definition) is 1. The molecule has 0 amide bonds. The van der Waals surface area contributed by atoms with Gasteiger partial charge in [-0.15, -0.1) is 0 Å². The summed E-state index contributed by atoms with van der Waals surface area (Å²) >= 11 is 6.83. The Morgan fingerprint density at radius 3 is 2.33 bits per heavy atom. The Morgan fingerprint density at radius 2 is 1.73 bits per heavy atom. The van der Waals surface area contributed by atoms with Crippen LogP contribution in [-0.4, -0.2) is 67.6 Å². The fraction of sp³-hybridized carbons (Fsp3) is 0.778. The Morgan fingerprint density at radius 1 is 0.970 bits per heavy atom. The summed E-state index contributed by atoms with van der Waals surface area (Å²) in [5.41, 5.74) is 2.41. The van der Waals surface area contributed by atoms with Crippen LogP contribution in [0.4, 0.5) is 11.4 Å². The number of rotatable bonds is 8. The van der Waals surface area contributed by atoms with Gasteiger partial charge >= 0.3 is 0 Å². The molecule has 1 aliphatic carbocycles. The van der Waals surface area contributed by atoms with Crippen molar-refractivity contribution in [2.75, 3.05) is 49.4 Å². The lowest BCUT2D eigenvalue weighted by Gasteiger charge is -2.50. The quantitative estimate of drug-likeness (QED) is 0.483. The van der Waals surface area contributed by atoms with Crippen molar-refractivity contribution in [1.82, 2.24) is 15.1 Å². The van der Waals surface area contributed by atoms with Gasteiger partial charge in [0.15, 0.2) is 0 Å². The molecule has 33 heavy (non-hydrogen) atoms. The number of hydrogen-bond acceptors (Lipinski definition) is 5. The molecule has 1 aromatic carbocycles. The molecule has 5 nitrogen and oxygen atoms in total. The third-order valence-electron chi connectivity index (χ3n) is 8.26. The molecule has 2 heterocycles. The van der Waals surface area contributed by atoms with Crippen molar-refractivity contribution in [1.29, 1.82) is 0 Å². The van der Waals surface area contributed by atoms with Gasteiger partial charge in [-0.2, -0.15) is 0 Å². The van der Waals surface area contributed by atoms with Crippen molar-refractivity contribution in [3.8, 4) is 0 Å². The lowest BCUT2D eigenvalue weighted by Crippen LogP contribution is -2.62. The van der Waals surface area contributed by atoms with E-state index in [0.29, 0.717) is 18.1 Å². The van der Waals surface area contributed by atoms with E-state index in [4.69, 9.17) is 11.6 Å². The lowest BCUT2D eigenvalue weighted by atomic mass is 10.0. The highest BCUT2D eigenvalue weighted by Crippen LogP contribution is 2.33. The minimum Gasteiger partial charge on any atom is -0.371 e. The molecule has 0 radical (unpaired) electrons. The monoisotopic (exact) mass is 475 g/mol. The third kappa shape index (κ3) is 5.98. The first-order chi connectivity index (χ1) is 16.1. The summed E-state index contributed by atoms with van der Waals surface area (Å²) < 4.78 is 0. The summed E-state index contributed by atoms with van der Waals surface area (Å²) in [4.78, 5) is 10.4. The van der Waals surface area contributed by atoms with Crippen molar-refractivity contribution >= 4 is 23.0 Å². The Hall–Kier alpha value is -1.01. The van der Waals surface area contributed by atoms with E-state index >= 15 is 0 Å². The summed E-state index contributed by atoms with van der Waals surface area (Å²) in [6, 6.07) is 8.66. The molecule has 0 aromatic heterocycles. The Kier molecular flexibility index (Phi) is 9.20. The summed E-state index contributed by atoms with van der Waals surface area (Å²) in [6.45, 7) is 13.0. The van der Waals surface area contributed by atoms with Gasteiger partial charge in [0.1, 0.15) is 0 Å². The number of anilines is 2. The van der Waals surface area contributed by atoms with Crippen LogP contribution in [0.25, 0.3) is 0 Å². The molecule has 2 saturated heterocycles. The molecule has 1 saturated carbocycles. The van der Waals surface area contributed by atoms with Gasteiger partial charge in [0.2, 0.25) is 0 Å². The smallest absolute Gasteiger partial charge is 0.0733 e. The molecule has 3 fully saturated rings. The number of halogens is 1. The highest BCUT2D eigenvalue weighted by molar-refractivity contribution is 6.33. The van der Waals surface area contributed by atoms with Crippen LogP contribution >= 0.6 is 11.6 Å². The van der Waals surface area contributed by atoms with Crippen LogP contribution in [0.1, 0.15) is 78.6 Å². The van der Waals surface area contributed by atoms with Crippen molar-refractivity contribution in [3.05, 3.63) is 23.2 Å². The van der Waals surface area contributed by atoms with E-state index < -0.39 is 0 Å². The number of nitrogens with zero attached hydrogens (tertiary/aromatic N) is 4. The van der Waals surface area contributed by atoms with Gasteiger partial charge in [-0.25, -0.2) is 0 Å². The predicted molar refractivity (Wildman–Crippen MR) is 142 cm³/mol. The fourth-order valence-corrected chi connectivity index (χ4v) is 6.68. The van der Waals surface area contributed by atoms with Gasteiger partial charge < -0.3 is 15.1 Å². The van der Waals surface area contributed by atoms with E-state index in [2.05, 4.69) is 63.9 Å². The second kappa shape index (κ2) is 12.1. The largest absolute Gasteiger partial charge is 0.371 e. The SMILES string of the molecule is CCC(C1CCCN1)N1CN(c2ccc(N(CC)CC)c(Cl)c2)CN(C2CCCCCC2)C1. The van der Waals surface area contributed by atoms with E-state index in [1.165, 1.54) is 70.0 Å². The molecule has 186 valence electrons. The summed E-state index contributed by atoms with van der Waals surface area (Å²) in [7, 11) is 0. The summed E-state index contributed by atoms with van der Waals surface area (Å²) in [5.74, 6) is 0. The molecule has 1 N–H and O–H groups in total. The maximum atomic E-state index is 6.83. The van der Waals surface area contributed by atoms with Crippen LogP contribution in [0.15, 0.2) is 18.2 Å². The topological polar surface area (TPSA) is 25.0 Å². The van der Waals surface area contributed by atoms with E-state index in [1.54, 1.807) is 0 Å². The maximum Gasteiger partial charge on any atom is 0.0733 e. The average molecular weight is 476 g/mol. The standard InChI is InChI=1S/C27H46ClN5/c1-4-26(25-14-11-17-29-25)33-20-31(22-12-9-7-8-10-13-22)19-32(21-33)23-15-16-27(24(28)18-23)30(5-2)6-3/h15-16,18,22,25-26,29H,4-14,17,19-21H2,1-3H3. The van der Waals surface area contributed by atoms with Crippen molar-refractivity contribution < 1.29 is 0 Å². The highest BCUT2D eigenvalue weighted by Gasteiger charge is 2.35. The van der Waals surface area contributed by atoms with Crippen LogP contribution in [0.5, 0.6) is 0 Å². The Bertz CT molecular complexity index is 725. The second-order valence-electron chi connectivity index (χ2n) is 10.3. The van der Waals surface area contributed by atoms with E-state index in [1.807, 2.05) is 0 Å². The molecular formula is C27H46ClN5. The molecule has 0 bridgehead atoms. The van der Waals surface area contributed by atoms with E-state index in [0.717, 1.165) is 43.8 Å². The van der Waals surface area contributed by atoms with Crippen LogP contribution in [0.3, 0.4) is 0 Å². The van der Waals surface area contributed by atoms with Crippen molar-refractivity contribution in [2.24, 2.45) is 0 Å². The molecular weight excluding hydrogens is 430 g/mol. The molecule has 0 spiro atoms. The van der Waals surface area contributed by atoms with Crippen molar-refractivity contribution in [2.45, 2.75) is 96.7 Å². The highest BCUT2D eigenvalue weighted by atomic mass is 35.5. The minimum absolute atomic E-state index is 0.592. The molecule has 2 atom stereocenters. The Balaban J connectivity index is 1.58. The van der Waals surface area contributed by atoms with Gasteiger partial charge in [0, 0.05) is 36.9 Å². The fourth-order valence-electron chi connectivity index (χ4n) is 6.38.